The molecule has 0 spiro atoms. The van der Waals surface area contributed by atoms with Gasteiger partial charge < -0.3 is 0 Å². The largest absolute Gasteiger partial charge is 0.385 e. The van der Waals surface area contributed by atoms with E-state index in [1.165, 1.54) is 11.1 Å². The zero-order valence-corrected chi connectivity index (χ0v) is 21.7. The zero-order chi connectivity index (χ0) is 26.3. The summed E-state index contributed by atoms with van der Waals surface area (Å²) in [4.78, 5) is 11.3. The van der Waals surface area contributed by atoms with Crippen LogP contribution in [0.3, 0.4) is 0 Å². The van der Waals surface area contributed by atoms with E-state index in [9.17, 15) is 0 Å². The standard InChI is InChI=1S/C16H17N.C9H11N2.C7H7N.CH4/c1-4-13-9-10-17-16(11-13)15-7-5-14(6-8-15)12(2)3;1-7(2)8-3-5-9(11-10)6-4-8;1-2-7-3-5-8-6-4-7;/h4-12H,1H2,2-3H3;3-7H,1-2H3;2-6H,1H2;1H4/q;+1;;. The highest BCUT2D eigenvalue weighted by molar-refractivity contribution is 5.63. The molecule has 190 valence electrons. The Morgan fingerprint density at radius 2 is 1.19 bits per heavy atom. The van der Waals surface area contributed by atoms with Crippen LogP contribution in [0.5, 0.6) is 0 Å². The Morgan fingerprint density at radius 1 is 0.703 bits per heavy atom. The third-order valence-corrected chi connectivity index (χ3v) is 5.51. The lowest BCUT2D eigenvalue weighted by atomic mass is 10.0. The number of diazo groups is 1. The third-order valence-electron chi connectivity index (χ3n) is 5.51. The van der Waals surface area contributed by atoms with Gasteiger partial charge in [-0.1, -0.05) is 96.8 Å². The lowest BCUT2D eigenvalue weighted by Gasteiger charge is -2.07. The SMILES string of the molecule is C.C=Cc1ccnc(-c2ccc(C(C)C)cc2)c1.C=Cc1ccncc1.CC(C)c1ccc([N+]#N)cc1. The summed E-state index contributed by atoms with van der Waals surface area (Å²) >= 11 is 0. The lowest BCUT2D eigenvalue weighted by Crippen LogP contribution is -1.88. The Balaban J connectivity index is 0.000000296. The molecule has 4 heteroatoms. The molecule has 0 radical (unpaired) electrons. The normalized spacial score (nSPS) is 9.54. The molecule has 2 aromatic heterocycles. The first kappa shape index (κ1) is 30.7. The van der Waals surface area contributed by atoms with Crippen LogP contribution in [-0.4, -0.2) is 9.97 Å². The molecular formula is C33H39N4+. The number of benzene rings is 2. The van der Waals surface area contributed by atoms with Crippen molar-refractivity contribution < 1.29 is 0 Å². The van der Waals surface area contributed by atoms with Crippen LogP contribution < -0.4 is 0 Å². The summed E-state index contributed by atoms with van der Waals surface area (Å²) in [6, 6.07) is 24.0. The lowest BCUT2D eigenvalue weighted by molar-refractivity contribution is 0.867. The molecule has 4 aromatic rings. The molecular weight excluding hydrogens is 452 g/mol. The molecule has 0 saturated carbocycles. The summed E-state index contributed by atoms with van der Waals surface area (Å²) in [5.74, 6) is 1.10. The van der Waals surface area contributed by atoms with E-state index < -0.39 is 0 Å². The first-order valence-corrected chi connectivity index (χ1v) is 12.0. The molecule has 0 saturated heterocycles. The fourth-order valence-corrected chi connectivity index (χ4v) is 3.20. The van der Waals surface area contributed by atoms with Crippen molar-refractivity contribution in [1.29, 1.82) is 5.39 Å². The molecule has 0 fully saturated rings. The highest BCUT2D eigenvalue weighted by Gasteiger charge is 2.04. The second kappa shape index (κ2) is 16.3. The van der Waals surface area contributed by atoms with Crippen LogP contribution in [0.15, 0.2) is 105 Å². The van der Waals surface area contributed by atoms with Gasteiger partial charge in [0.1, 0.15) is 0 Å². The van der Waals surface area contributed by atoms with Gasteiger partial charge in [-0.3, -0.25) is 9.97 Å². The van der Waals surface area contributed by atoms with Gasteiger partial charge >= 0.3 is 5.69 Å². The van der Waals surface area contributed by atoms with Crippen LogP contribution in [0.1, 0.15) is 69.2 Å². The maximum Gasteiger partial charge on any atom is 0.385 e. The molecule has 0 atom stereocenters. The smallest absolute Gasteiger partial charge is 0.265 e. The maximum atomic E-state index is 8.39. The Kier molecular flexibility index (Phi) is 13.5. The van der Waals surface area contributed by atoms with Gasteiger partial charge in [0.05, 0.1) is 5.69 Å². The van der Waals surface area contributed by atoms with Crippen molar-refractivity contribution in [2.75, 3.05) is 0 Å². The quantitative estimate of drug-likeness (QED) is 0.261. The predicted octanol–water partition coefficient (Wildman–Crippen LogP) is 10.2. The van der Waals surface area contributed by atoms with Crippen LogP contribution in [0.25, 0.3) is 28.4 Å². The molecule has 4 nitrogen and oxygen atoms in total. The Hall–Kier alpha value is -4.36. The van der Waals surface area contributed by atoms with Crippen molar-refractivity contribution in [3.05, 3.63) is 132 Å². The number of rotatable bonds is 5. The van der Waals surface area contributed by atoms with Crippen LogP contribution in [0.4, 0.5) is 5.69 Å². The van der Waals surface area contributed by atoms with Gasteiger partial charge in [0.25, 0.3) is 0 Å². The summed E-state index contributed by atoms with van der Waals surface area (Å²) in [6.45, 7) is 16.0. The molecule has 0 aliphatic rings. The minimum atomic E-state index is 0. The number of hydrogen-bond donors (Lipinski definition) is 0. The van der Waals surface area contributed by atoms with Gasteiger partial charge in [0, 0.05) is 36.3 Å². The molecule has 2 heterocycles. The third kappa shape index (κ3) is 10.4. The molecule has 0 amide bonds. The van der Waals surface area contributed by atoms with Gasteiger partial charge in [-0.25, -0.2) is 0 Å². The summed E-state index contributed by atoms with van der Waals surface area (Å²) in [6.07, 6.45) is 8.95. The number of aromatic nitrogens is 2. The molecule has 37 heavy (non-hydrogen) atoms. The van der Waals surface area contributed by atoms with Gasteiger partial charge in [-0.05, 0) is 58.4 Å². The molecule has 0 unspecified atom stereocenters. The number of pyridine rings is 2. The fourth-order valence-electron chi connectivity index (χ4n) is 3.20. The average Bonchev–Trinajstić information content (AvgIpc) is 2.94. The molecule has 0 N–H and O–H groups in total. The van der Waals surface area contributed by atoms with E-state index in [2.05, 4.69) is 86.1 Å². The highest BCUT2D eigenvalue weighted by Crippen LogP contribution is 2.22. The van der Waals surface area contributed by atoms with Crippen molar-refractivity contribution in [1.82, 2.24) is 9.97 Å². The number of hydrogen-bond acceptors (Lipinski definition) is 3. The fraction of sp³-hybridized carbons (Fsp3) is 0.212. The Bertz CT molecular complexity index is 1250. The second-order valence-corrected chi connectivity index (χ2v) is 8.79. The van der Waals surface area contributed by atoms with Crippen molar-refractivity contribution in [2.45, 2.75) is 47.0 Å². The van der Waals surface area contributed by atoms with Crippen molar-refractivity contribution in [3.8, 4) is 11.3 Å². The predicted molar refractivity (Wildman–Crippen MR) is 160 cm³/mol. The van der Waals surface area contributed by atoms with Gasteiger partial charge in [-0.2, -0.15) is 0 Å². The van der Waals surface area contributed by atoms with E-state index in [1.54, 1.807) is 30.6 Å². The Morgan fingerprint density at radius 3 is 1.62 bits per heavy atom. The first-order valence-electron chi connectivity index (χ1n) is 12.0. The zero-order valence-electron chi connectivity index (χ0n) is 21.7. The van der Waals surface area contributed by atoms with E-state index >= 15 is 0 Å². The monoisotopic (exact) mass is 491 g/mol. The van der Waals surface area contributed by atoms with Crippen molar-refractivity contribution in [2.24, 2.45) is 0 Å². The summed E-state index contributed by atoms with van der Waals surface area (Å²) < 4.78 is 0. The highest BCUT2D eigenvalue weighted by atomic mass is 14.8. The topological polar surface area (TPSA) is 53.9 Å². The minimum Gasteiger partial charge on any atom is -0.265 e. The average molecular weight is 492 g/mol. The second-order valence-electron chi connectivity index (χ2n) is 8.79. The van der Waals surface area contributed by atoms with Crippen LogP contribution >= 0.6 is 0 Å². The molecule has 4 rings (SSSR count). The molecule has 0 bridgehead atoms. The molecule has 0 aliphatic carbocycles. The van der Waals surface area contributed by atoms with Crippen LogP contribution in [0, 0.1) is 5.39 Å². The van der Waals surface area contributed by atoms with Crippen LogP contribution in [0.2, 0.25) is 0 Å². The van der Waals surface area contributed by atoms with Gasteiger partial charge in [0.15, 0.2) is 4.98 Å². The maximum absolute atomic E-state index is 8.39. The summed E-state index contributed by atoms with van der Waals surface area (Å²) in [7, 11) is 0. The van der Waals surface area contributed by atoms with Crippen molar-refractivity contribution >= 4 is 17.8 Å². The minimum absolute atomic E-state index is 0. The van der Waals surface area contributed by atoms with E-state index in [-0.39, 0.29) is 7.43 Å². The van der Waals surface area contributed by atoms with E-state index in [1.807, 2.05) is 42.6 Å². The van der Waals surface area contributed by atoms with E-state index in [0.717, 1.165) is 22.4 Å². The summed E-state index contributed by atoms with van der Waals surface area (Å²) in [5, 5.41) is 8.39. The molecule has 0 aliphatic heterocycles. The van der Waals surface area contributed by atoms with Gasteiger partial charge in [-0.15, -0.1) is 0 Å². The summed E-state index contributed by atoms with van der Waals surface area (Å²) in [5.41, 5.74) is 7.58. The first-order chi connectivity index (χ1) is 17.4. The molecule has 2 aromatic carbocycles. The Labute approximate surface area is 223 Å². The number of nitrogens with zero attached hydrogens (tertiary/aromatic N) is 4. The van der Waals surface area contributed by atoms with Crippen LogP contribution in [-0.2, 0) is 0 Å². The van der Waals surface area contributed by atoms with Crippen molar-refractivity contribution in [3.63, 3.8) is 0 Å². The van der Waals surface area contributed by atoms with E-state index in [0.29, 0.717) is 17.5 Å². The van der Waals surface area contributed by atoms with Gasteiger partial charge in [0.2, 0.25) is 5.39 Å². The van der Waals surface area contributed by atoms with E-state index in [4.69, 9.17) is 5.39 Å².